The molecule has 160 valence electrons. The fourth-order valence-corrected chi connectivity index (χ4v) is 7.67. The number of amides is 2. The topological polar surface area (TPSA) is 49.4 Å². The first-order valence-corrected chi connectivity index (χ1v) is 11.7. The Kier molecular flexibility index (Phi) is 4.61. The standard InChI is InChI=1S/C26H34N2O2/c1-25-14-7-10-20(25)18-11-12-22-26(2,21(18)13-15-25)16-19(24(30)28(22)3)23(29)27-17-8-5-4-6-9-17/h4-6,8-9,12,18-21H,7,10-11,13-16H2,1-3H3,(H,27,29)/t18-,19?,20-,21+,25-,26+/m0/s1. The molecule has 5 rings (SSSR count). The van der Waals surface area contributed by atoms with E-state index in [9.17, 15) is 9.59 Å². The van der Waals surface area contributed by atoms with Gasteiger partial charge < -0.3 is 10.2 Å². The van der Waals surface area contributed by atoms with Crippen LogP contribution in [0.4, 0.5) is 5.69 Å². The number of carbonyl (C=O) groups excluding carboxylic acids is 2. The van der Waals surface area contributed by atoms with E-state index in [1.807, 2.05) is 37.4 Å². The Balaban J connectivity index is 1.45. The van der Waals surface area contributed by atoms with Crippen LogP contribution in [0.3, 0.4) is 0 Å². The third-order valence-electron chi connectivity index (χ3n) is 9.18. The Morgan fingerprint density at radius 3 is 2.63 bits per heavy atom. The SMILES string of the molecule is CN1C(=O)C(C(=O)Nc2ccccc2)C[C@@]2(C)C1=CC[C@@H]1[C@H]2CC[C@]2(C)CCC[C@@H]12. The molecule has 0 spiro atoms. The van der Waals surface area contributed by atoms with E-state index in [-0.39, 0.29) is 17.2 Å². The zero-order chi connectivity index (χ0) is 21.1. The van der Waals surface area contributed by atoms with Crippen LogP contribution in [0.2, 0.25) is 0 Å². The fourth-order valence-electron chi connectivity index (χ4n) is 7.67. The molecule has 6 atom stereocenters. The fraction of sp³-hybridized carbons (Fsp3) is 0.615. The number of para-hydroxylation sites is 1. The number of hydrogen-bond acceptors (Lipinski definition) is 2. The average Bonchev–Trinajstić information content (AvgIpc) is 3.13. The summed E-state index contributed by atoms with van der Waals surface area (Å²) in [5, 5.41) is 2.98. The summed E-state index contributed by atoms with van der Waals surface area (Å²) in [7, 11) is 1.87. The summed E-state index contributed by atoms with van der Waals surface area (Å²) in [5.41, 5.74) is 2.32. The van der Waals surface area contributed by atoms with Gasteiger partial charge in [0.1, 0.15) is 5.92 Å². The third kappa shape index (κ3) is 2.86. The molecule has 0 aromatic heterocycles. The highest BCUT2D eigenvalue weighted by molar-refractivity contribution is 6.07. The Labute approximate surface area is 180 Å². The van der Waals surface area contributed by atoms with Crippen LogP contribution < -0.4 is 5.32 Å². The number of nitrogens with zero attached hydrogens (tertiary/aromatic N) is 1. The van der Waals surface area contributed by atoms with Crippen molar-refractivity contribution in [2.45, 2.75) is 58.8 Å². The minimum absolute atomic E-state index is 0.0629. The van der Waals surface area contributed by atoms with E-state index in [1.54, 1.807) is 4.90 Å². The molecule has 1 unspecified atom stereocenters. The molecule has 3 aliphatic carbocycles. The minimum atomic E-state index is -0.618. The molecule has 30 heavy (non-hydrogen) atoms. The maximum absolute atomic E-state index is 13.2. The molecule has 1 aromatic rings. The van der Waals surface area contributed by atoms with Crippen molar-refractivity contribution in [3.8, 4) is 0 Å². The van der Waals surface area contributed by atoms with Crippen molar-refractivity contribution < 1.29 is 9.59 Å². The molecule has 0 bridgehead atoms. The summed E-state index contributed by atoms with van der Waals surface area (Å²) in [4.78, 5) is 28.1. The van der Waals surface area contributed by atoms with Crippen LogP contribution in [0.5, 0.6) is 0 Å². The number of hydrogen-bond donors (Lipinski definition) is 1. The molecule has 1 aromatic carbocycles. The molecular weight excluding hydrogens is 372 g/mol. The Hall–Kier alpha value is -2.10. The molecule has 3 fully saturated rings. The Morgan fingerprint density at radius 2 is 1.87 bits per heavy atom. The van der Waals surface area contributed by atoms with Crippen molar-refractivity contribution in [2.24, 2.45) is 34.5 Å². The van der Waals surface area contributed by atoms with Crippen LogP contribution in [-0.4, -0.2) is 23.8 Å². The number of piperidine rings is 1. The van der Waals surface area contributed by atoms with Crippen molar-refractivity contribution >= 4 is 17.5 Å². The number of benzene rings is 1. The molecule has 1 aliphatic heterocycles. The van der Waals surface area contributed by atoms with Crippen molar-refractivity contribution in [1.82, 2.24) is 4.90 Å². The maximum atomic E-state index is 13.2. The molecule has 0 radical (unpaired) electrons. The van der Waals surface area contributed by atoms with Gasteiger partial charge in [0.25, 0.3) is 0 Å². The molecular formula is C26H34N2O2. The number of likely N-dealkylation sites (tertiary alicyclic amines) is 1. The first-order valence-electron chi connectivity index (χ1n) is 11.7. The third-order valence-corrected chi connectivity index (χ3v) is 9.18. The summed E-state index contributed by atoms with van der Waals surface area (Å²) in [6.07, 6.45) is 10.7. The van der Waals surface area contributed by atoms with E-state index in [2.05, 4.69) is 25.2 Å². The van der Waals surface area contributed by atoms with Gasteiger partial charge in [-0.25, -0.2) is 0 Å². The highest BCUT2D eigenvalue weighted by atomic mass is 16.2. The molecule has 4 heteroatoms. The van der Waals surface area contributed by atoms with Crippen LogP contribution in [0.25, 0.3) is 0 Å². The van der Waals surface area contributed by atoms with Gasteiger partial charge in [-0.15, -0.1) is 0 Å². The number of fused-ring (bicyclic) bond motifs is 5. The van der Waals surface area contributed by atoms with E-state index in [1.165, 1.54) is 37.8 Å². The first kappa shape index (κ1) is 19.8. The van der Waals surface area contributed by atoms with Gasteiger partial charge in [-0.05, 0) is 73.8 Å². The Bertz CT molecular complexity index is 894. The zero-order valence-electron chi connectivity index (χ0n) is 18.5. The monoisotopic (exact) mass is 406 g/mol. The normalized spacial score (nSPS) is 40.2. The Morgan fingerprint density at radius 1 is 1.10 bits per heavy atom. The molecule has 1 N–H and O–H groups in total. The van der Waals surface area contributed by atoms with Gasteiger partial charge in [0.15, 0.2) is 0 Å². The second-order valence-electron chi connectivity index (χ2n) is 10.7. The van der Waals surface area contributed by atoms with Gasteiger partial charge in [-0.3, -0.25) is 9.59 Å². The molecule has 1 saturated heterocycles. The van der Waals surface area contributed by atoms with Gasteiger partial charge in [0.05, 0.1) is 0 Å². The number of nitrogens with one attached hydrogen (secondary N) is 1. The lowest BCUT2D eigenvalue weighted by molar-refractivity contribution is -0.147. The van der Waals surface area contributed by atoms with Crippen LogP contribution in [0, 0.1) is 34.5 Å². The lowest BCUT2D eigenvalue weighted by atomic mass is 9.49. The largest absolute Gasteiger partial charge is 0.325 e. The van der Waals surface area contributed by atoms with Gasteiger partial charge >= 0.3 is 0 Å². The van der Waals surface area contributed by atoms with Gasteiger partial charge in [0.2, 0.25) is 11.8 Å². The molecule has 2 amide bonds. The predicted octanol–water partition coefficient (Wildman–Crippen LogP) is 5.23. The number of carbonyl (C=O) groups is 2. The summed E-state index contributed by atoms with van der Waals surface area (Å²) < 4.78 is 0. The second kappa shape index (κ2) is 6.96. The lowest BCUT2D eigenvalue weighted by Gasteiger charge is -2.58. The average molecular weight is 407 g/mol. The maximum Gasteiger partial charge on any atom is 0.239 e. The van der Waals surface area contributed by atoms with E-state index in [4.69, 9.17) is 0 Å². The van der Waals surface area contributed by atoms with Crippen LogP contribution in [0.1, 0.15) is 58.8 Å². The van der Waals surface area contributed by atoms with E-state index < -0.39 is 5.92 Å². The number of allylic oxidation sites excluding steroid dienone is 2. The summed E-state index contributed by atoms with van der Waals surface area (Å²) >= 11 is 0. The highest BCUT2D eigenvalue weighted by Gasteiger charge is 2.59. The van der Waals surface area contributed by atoms with Crippen molar-refractivity contribution in [3.05, 3.63) is 42.1 Å². The number of rotatable bonds is 2. The first-order chi connectivity index (χ1) is 14.3. The molecule has 2 saturated carbocycles. The van der Waals surface area contributed by atoms with E-state index in [0.29, 0.717) is 23.7 Å². The molecule has 4 nitrogen and oxygen atoms in total. The van der Waals surface area contributed by atoms with Crippen LogP contribution >= 0.6 is 0 Å². The second-order valence-corrected chi connectivity index (χ2v) is 10.7. The van der Waals surface area contributed by atoms with E-state index >= 15 is 0 Å². The molecule has 4 aliphatic rings. The van der Waals surface area contributed by atoms with E-state index in [0.717, 1.165) is 18.0 Å². The summed E-state index contributed by atoms with van der Waals surface area (Å²) in [6.45, 7) is 4.84. The van der Waals surface area contributed by atoms with Crippen molar-refractivity contribution in [2.75, 3.05) is 12.4 Å². The summed E-state index contributed by atoms with van der Waals surface area (Å²) in [6, 6.07) is 9.48. The quantitative estimate of drug-likeness (QED) is 0.684. The van der Waals surface area contributed by atoms with Crippen LogP contribution in [-0.2, 0) is 9.59 Å². The lowest BCUT2D eigenvalue weighted by Crippen LogP contribution is -2.57. The minimum Gasteiger partial charge on any atom is -0.325 e. The van der Waals surface area contributed by atoms with Crippen molar-refractivity contribution in [3.63, 3.8) is 0 Å². The number of anilines is 1. The van der Waals surface area contributed by atoms with Gasteiger partial charge in [0, 0.05) is 23.8 Å². The van der Waals surface area contributed by atoms with Crippen molar-refractivity contribution in [1.29, 1.82) is 0 Å². The van der Waals surface area contributed by atoms with Crippen LogP contribution in [0.15, 0.2) is 42.1 Å². The predicted molar refractivity (Wildman–Crippen MR) is 118 cm³/mol. The smallest absolute Gasteiger partial charge is 0.239 e. The highest BCUT2D eigenvalue weighted by Crippen LogP contribution is 2.64. The van der Waals surface area contributed by atoms with Gasteiger partial charge in [-0.1, -0.05) is 44.5 Å². The summed E-state index contributed by atoms with van der Waals surface area (Å²) in [5.74, 6) is 1.21. The molecule has 1 heterocycles. The zero-order valence-corrected chi connectivity index (χ0v) is 18.5. The van der Waals surface area contributed by atoms with Gasteiger partial charge in [-0.2, -0.15) is 0 Å².